The van der Waals surface area contributed by atoms with Crippen LogP contribution in [0.4, 0.5) is 0 Å². The van der Waals surface area contributed by atoms with E-state index in [0.717, 1.165) is 17.6 Å². The van der Waals surface area contributed by atoms with Crippen LogP contribution in [0.3, 0.4) is 0 Å². The molecule has 0 spiro atoms. The second-order valence-electron chi connectivity index (χ2n) is 5.84. The number of benzene rings is 1. The molecule has 0 bridgehead atoms. The van der Waals surface area contributed by atoms with Crippen LogP contribution in [0.15, 0.2) is 46.3 Å². The van der Waals surface area contributed by atoms with E-state index in [2.05, 4.69) is 43.7 Å². The second-order valence-corrected chi connectivity index (χ2v) is 7.74. The smallest absolute Gasteiger partial charge is 0.251 e. The summed E-state index contributed by atoms with van der Waals surface area (Å²) in [6.07, 6.45) is 3.82. The average Bonchev–Trinajstić information content (AvgIpc) is 3.11. The maximum Gasteiger partial charge on any atom is 0.251 e. The van der Waals surface area contributed by atoms with Gasteiger partial charge in [-0.05, 0) is 61.6 Å². The largest absolute Gasteiger partial charge is 0.350 e. The Kier molecular flexibility index (Phi) is 5.86. The van der Waals surface area contributed by atoms with Gasteiger partial charge in [0.2, 0.25) is 0 Å². The Morgan fingerprint density at radius 1 is 1.17 bits per heavy atom. The molecule has 1 N–H and O–H groups in total. The van der Waals surface area contributed by atoms with Crippen LogP contribution in [0.25, 0.3) is 0 Å². The third kappa shape index (κ3) is 4.43. The molecule has 122 valence electrons. The summed E-state index contributed by atoms with van der Waals surface area (Å²) in [7, 11) is 0. The molecule has 0 radical (unpaired) electrons. The van der Waals surface area contributed by atoms with Crippen molar-refractivity contribution < 1.29 is 4.79 Å². The standard InChI is InChI=1S/C18H21BrN2OS/c19-15-8-6-14(7-9-15)18(22)20-13-16(17-5-4-12-23-17)21-10-2-1-3-11-21/h4-9,12,16H,1-3,10-11,13H2,(H,20,22)/t16-/m1/s1. The molecule has 1 aromatic carbocycles. The number of carbonyl (C=O) groups is 1. The van der Waals surface area contributed by atoms with Crippen molar-refractivity contribution in [2.45, 2.75) is 25.3 Å². The number of piperidine rings is 1. The molecule has 1 aromatic heterocycles. The number of nitrogens with one attached hydrogen (secondary N) is 1. The van der Waals surface area contributed by atoms with E-state index in [1.807, 2.05) is 24.3 Å². The molecule has 5 heteroatoms. The molecule has 1 amide bonds. The molecule has 2 aromatic rings. The van der Waals surface area contributed by atoms with Gasteiger partial charge in [-0.3, -0.25) is 9.69 Å². The monoisotopic (exact) mass is 392 g/mol. The number of nitrogens with zero attached hydrogens (tertiary/aromatic N) is 1. The highest BCUT2D eigenvalue weighted by molar-refractivity contribution is 9.10. The van der Waals surface area contributed by atoms with Crippen molar-refractivity contribution in [1.82, 2.24) is 10.2 Å². The molecule has 3 rings (SSSR count). The maximum absolute atomic E-state index is 12.4. The van der Waals surface area contributed by atoms with E-state index in [9.17, 15) is 4.79 Å². The molecular formula is C18H21BrN2OS. The number of amides is 1. The lowest BCUT2D eigenvalue weighted by molar-refractivity contribution is 0.0925. The Labute approximate surface area is 149 Å². The van der Waals surface area contributed by atoms with E-state index in [0.29, 0.717) is 12.1 Å². The summed E-state index contributed by atoms with van der Waals surface area (Å²) in [5.74, 6) is -0.00364. The van der Waals surface area contributed by atoms with Gasteiger partial charge in [0.25, 0.3) is 5.91 Å². The molecule has 23 heavy (non-hydrogen) atoms. The number of hydrogen-bond acceptors (Lipinski definition) is 3. The maximum atomic E-state index is 12.4. The number of likely N-dealkylation sites (tertiary alicyclic amines) is 1. The second kappa shape index (κ2) is 8.08. The molecule has 1 atom stereocenters. The van der Waals surface area contributed by atoms with Gasteiger partial charge in [-0.2, -0.15) is 0 Å². The van der Waals surface area contributed by atoms with Crippen LogP contribution in [-0.4, -0.2) is 30.4 Å². The molecule has 0 unspecified atom stereocenters. The molecule has 2 heterocycles. The first-order valence-electron chi connectivity index (χ1n) is 8.05. The fourth-order valence-corrected chi connectivity index (χ4v) is 4.14. The van der Waals surface area contributed by atoms with Gasteiger partial charge in [-0.25, -0.2) is 0 Å². The first-order valence-corrected chi connectivity index (χ1v) is 9.72. The minimum absolute atomic E-state index is 0.00364. The minimum Gasteiger partial charge on any atom is -0.350 e. The predicted octanol–water partition coefficient (Wildman–Crippen LogP) is 4.47. The summed E-state index contributed by atoms with van der Waals surface area (Å²) in [5, 5.41) is 5.23. The van der Waals surface area contributed by atoms with Crippen LogP contribution < -0.4 is 5.32 Å². The van der Waals surface area contributed by atoms with Gasteiger partial charge in [0, 0.05) is 21.5 Å². The normalized spacial score (nSPS) is 16.9. The van der Waals surface area contributed by atoms with Crippen LogP contribution in [0.1, 0.15) is 40.5 Å². The highest BCUT2D eigenvalue weighted by atomic mass is 79.9. The zero-order chi connectivity index (χ0) is 16.1. The van der Waals surface area contributed by atoms with Gasteiger partial charge in [-0.15, -0.1) is 11.3 Å². The topological polar surface area (TPSA) is 32.3 Å². The van der Waals surface area contributed by atoms with Crippen LogP contribution in [-0.2, 0) is 0 Å². The summed E-state index contributed by atoms with van der Waals surface area (Å²) in [6.45, 7) is 2.91. The van der Waals surface area contributed by atoms with Crippen molar-refractivity contribution >= 4 is 33.2 Å². The highest BCUT2D eigenvalue weighted by Gasteiger charge is 2.23. The van der Waals surface area contributed by atoms with E-state index in [4.69, 9.17) is 0 Å². The molecule has 1 aliphatic heterocycles. The van der Waals surface area contributed by atoms with E-state index in [1.165, 1.54) is 24.1 Å². The number of carbonyl (C=O) groups excluding carboxylic acids is 1. The molecule has 0 saturated carbocycles. The van der Waals surface area contributed by atoms with E-state index in [1.54, 1.807) is 11.3 Å². The lowest BCUT2D eigenvalue weighted by Gasteiger charge is -2.34. The highest BCUT2D eigenvalue weighted by Crippen LogP contribution is 2.27. The van der Waals surface area contributed by atoms with Crippen molar-refractivity contribution in [3.63, 3.8) is 0 Å². The molecule has 3 nitrogen and oxygen atoms in total. The SMILES string of the molecule is O=C(NC[C@H](c1cccs1)N1CCCCC1)c1ccc(Br)cc1. The van der Waals surface area contributed by atoms with Crippen LogP contribution in [0.5, 0.6) is 0 Å². The van der Waals surface area contributed by atoms with Crippen molar-refractivity contribution in [1.29, 1.82) is 0 Å². The third-order valence-corrected chi connectivity index (χ3v) is 5.77. The number of halogens is 1. The van der Waals surface area contributed by atoms with Crippen LogP contribution >= 0.6 is 27.3 Å². The lowest BCUT2D eigenvalue weighted by Crippen LogP contribution is -2.40. The van der Waals surface area contributed by atoms with E-state index < -0.39 is 0 Å². The van der Waals surface area contributed by atoms with Gasteiger partial charge >= 0.3 is 0 Å². The van der Waals surface area contributed by atoms with Gasteiger partial charge in [-0.1, -0.05) is 28.4 Å². The summed E-state index contributed by atoms with van der Waals surface area (Å²) >= 11 is 5.17. The lowest BCUT2D eigenvalue weighted by atomic mass is 10.1. The Bertz CT molecular complexity index is 621. The quantitative estimate of drug-likeness (QED) is 0.813. The summed E-state index contributed by atoms with van der Waals surface area (Å²) in [6, 6.07) is 12.0. The summed E-state index contributed by atoms with van der Waals surface area (Å²) in [4.78, 5) is 16.2. The average molecular weight is 393 g/mol. The molecular weight excluding hydrogens is 372 g/mol. The van der Waals surface area contributed by atoms with E-state index >= 15 is 0 Å². The van der Waals surface area contributed by atoms with Crippen LogP contribution in [0, 0.1) is 0 Å². The summed E-state index contributed by atoms with van der Waals surface area (Å²) < 4.78 is 0.985. The third-order valence-electron chi connectivity index (χ3n) is 4.27. The van der Waals surface area contributed by atoms with Crippen molar-refractivity contribution in [2.75, 3.05) is 19.6 Å². The number of rotatable bonds is 5. The molecule has 1 saturated heterocycles. The van der Waals surface area contributed by atoms with Gasteiger partial charge in [0.15, 0.2) is 0 Å². The first-order chi connectivity index (χ1) is 11.2. The molecule has 0 aliphatic carbocycles. The van der Waals surface area contributed by atoms with Crippen molar-refractivity contribution in [3.05, 3.63) is 56.7 Å². The predicted molar refractivity (Wildman–Crippen MR) is 99.0 cm³/mol. The number of hydrogen-bond donors (Lipinski definition) is 1. The minimum atomic E-state index is -0.00364. The molecule has 1 aliphatic rings. The zero-order valence-electron chi connectivity index (χ0n) is 13.0. The summed E-state index contributed by atoms with van der Waals surface area (Å²) in [5.41, 5.74) is 0.705. The Hall–Kier alpha value is -1.17. The van der Waals surface area contributed by atoms with Crippen LogP contribution in [0.2, 0.25) is 0 Å². The molecule has 1 fully saturated rings. The first kappa shape index (κ1) is 16.7. The van der Waals surface area contributed by atoms with Gasteiger partial charge in [0.1, 0.15) is 0 Å². The number of thiophene rings is 1. The van der Waals surface area contributed by atoms with Gasteiger partial charge in [0.05, 0.1) is 6.04 Å². The Morgan fingerprint density at radius 3 is 2.57 bits per heavy atom. The Balaban J connectivity index is 1.66. The fourth-order valence-electron chi connectivity index (χ4n) is 3.01. The van der Waals surface area contributed by atoms with Crippen molar-refractivity contribution in [2.24, 2.45) is 0 Å². The Morgan fingerprint density at radius 2 is 1.91 bits per heavy atom. The van der Waals surface area contributed by atoms with Gasteiger partial charge < -0.3 is 5.32 Å². The van der Waals surface area contributed by atoms with E-state index in [-0.39, 0.29) is 11.9 Å². The zero-order valence-corrected chi connectivity index (χ0v) is 15.4. The van der Waals surface area contributed by atoms with Crippen molar-refractivity contribution in [3.8, 4) is 0 Å². The fraction of sp³-hybridized carbons (Fsp3) is 0.389.